The zero-order valence-electron chi connectivity index (χ0n) is 17.2. The largest absolute Gasteiger partial charge is 0.497 e. The molecule has 0 unspecified atom stereocenters. The predicted octanol–water partition coefficient (Wildman–Crippen LogP) is 3.97. The highest BCUT2D eigenvalue weighted by Crippen LogP contribution is 2.20. The number of amides is 1. The number of aromatic nitrogens is 2. The second kappa shape index (κ2) is 10.5. The van der Waals surface area contributed by atoms with Crippen molar-refractivity contribution in [2.45, 2.75) is 39.2 Å². The van der Waals surface area contributed by atoms with E-state index in [1.54, 1.807) is 7.11 Å². The van der Waals surface area contributed by atoms with E-state index in [0.717, 1.165) is 54.2 Å². The van der Waals surface area contributed by atoms with Gasteiger partial charge in [0.15, 0.2) is 0 Å². The molecule has 6 heteroatoms. The van der Waals surface area contributed by atoms with E-state index in [0.29, 0.717) is 19.6 Å². The summed E-state index contributed by atoms with van der Waals surface area (Å²) in [5, 5.41) is 2.93. The van der Waals surface area contributed by atoms with E-state index in [2.05, 4.69) is 16.0 Å². The Morgan fingerprint density at radius 3 is 2.76 bits per heavy atom. The van der Waals surface area contributed by atoms with Crippen LogP contribution >= 0.6 is 0 Å². The number of rotatable bonds is 11. The number of nitrogens with zero attached hydrogens (tertiary/aromatic N) is 2. The molecule has 0 aliphatic heterocycles. The van der Waals surface area contributed by atoms with Crippen molar-refractivity contribution in [3.8, 4) is 11.5 Å². The first kappa shape index (κ1) is 20.7. The summed E-state index contributed by atoms with van der Waals surface area (Å²) in [6, 6.07) is 15.9. The van der Waals surface area contributed by atoms with Crippen LogP contribution in [0.2, 0.25) is 0 Å². The predicted molar refractivity (Wildman–Crippen MR) is 114 cm³/mol. The quantitative estimate of drug-likeness (QED) is 0.499. The fourth-order valence-corrected chi connectivity index (χ4v) is 3.27. The minimum atomic E-state index is 0.0909. The number of para-hydroxylation sites is 2. The Hall–Kier alpha value is -3.02. The molecule has 6 nitrogen and oxygen atoms in total. The summed E-state index contributed by atoms with van der Waals surface area (Å²) >= 11 is 0. The molecular formula is C23H29N3O3. The molecular weight excluding hydrogens is 366 g/mol. The number of carbonyl (C=O) groups is 1. The van der Waals surface area contributed by atoms with Crippen LogP contribution in [-0.4, -0.2) is 35.7 Å². The van der Waals surface area contributed by atoms with E-state index >= 15 is 0 Å². The summed E-state index contributed by atoms with van der Waals surface area (Å²) in [5.41, 5.74) is 2.15. The fourth-order valence-electron chi connectivity index (χ4n) is 3.27. The van der Waals surface area contributed by atoms with Gasteiger partial charge in [-0.1, -0.05) is 25.1 Å². The highest BCUT2D eigenvalue weighted by Gasteiger charge is 2.10. The maximum atomic E-state index is 11.4. The van der Waals surface area contributed by atoms with Gasteiger partial charge in [-0.3, -0.25) is 4.79 Å². The minimum absolute atomic E-state index is 0.0909. The molecule has 3 aromatic rings. The molecule has 0 aliphatic carbocycles. The summed E-state index contributed by atoms with van der Waals surface area (Å²) in [7, 11) is 1.65. The second-order valence-electron chi connectivity index (χ2n) is 6.86. The van der Waals surface area contributed by atoms with Gasteiger partial charge in [0.1, 0.15) is 17.3 Å². The lowest BCUT2D eigenvalue weighted by molar-refractivity contribution is -0.120. The molecule has 2 aromatic carbocycles. The number of imidazole rings is 1. The summed E-state index contributed by atoms with van der Waals surface area (Å²) in [6.07, 6.45) is 3.09. The molecule has 1 N–H and O–H groups in total. The lowest BCUT2D eigenvalue weighted by atomic mass is 10.2. The molecule has 0 saturated heterocycles. The molecule has 3 rings (SSSR count). The van der Waals surface area contributed by atoms with Crippen LogP contribution in [-0.2, 0) is 17.8 Å². The summed E-state index contributed by atoms with van der Waals surface area (Å²) in [5.74, 6) is 2.75. The normalized spacial score (nSPS) is 10.8. The van der Waals surface area contributed by atoms with Crippen molar-refractivity contribution in [3.05, 3.63) is 54.4 Å². The number of nitrogens with one attached hydrogen (secondary N) is 1. The van der Waals surface area contributed by atoms with Crippen LogP contribution < -0.4 is 14.8 Å². The molecule has 0 radical (unpaired) electrons. The molecule has 154 valence electrons. The van der Waals surface area contributed by atoms with Gasteiger partial charge in [-0.25, -0.2) is 4.98 Å². The topological polar surface area (TPSA) is 65.4 Å². The Morgan fingerprint density at radius 2 is 1.93 bits per heavy atom. The molecule has 1 heterocycles. The number of fused-ring (bicyclic) bond motifs is 1. The van der Waals surface area contributed by atoms with Crippen LogP contribution in [0.1, 0.15) is 32.0 Å². The number of hydrogen-bond acceptors (Lipinski definition) is 4. The molecule has 1 amide bonds. The van der Waals surface area contributed by atoms with E-state index in [-0.39, 0.29) is 5.91 Å². The van der Waals surface area contributed by atoms with Gasteiger partial charge in [0.05, 0.1) is 24.8 Å². The van der Waals surface area contributed by atoms with Crippen LogP contribution in [0.25, 0.3) is 11.0 Å². The van der Waals surface area contributed by atoms with Crippen LogP contribution in [0.4, 0.5) is 0 Å². The van der Waals surface area contributed by atoms with Crippen molar-refractivity contribution >= 4 is 16.9 Å². The standard InChI is InChI=1S/C23H29N3O3/c1-3-23(27)24-14-7-13-22-25-20-11-4-5-12-21(20)26(22)15-8-16-29-19-10-6-9-18(17-19)28-2/h4-6,9-12,17H,3,7-8,13-16H2,1-2H3,(H,24,27). The van der Waals surface area contributed by atoms with Crippen molar-refractivity contribution in [1.29, 1.82) is 0 Å². The maximum Gasteiger partial charge on any atom is 0.219 e. The molecule has 1 aromatic heterocycles. The zero-order chi connectivity index (χ0) is 20.5. The lowest BCUT2D eigenvalue weighted by Gasteiger charge is -2.11. The van der Waals surface area contributed by atoms with Gasteiger partial charge < -0.3 is 19.4 Å². The van der Waals surface area contributed by atoms with E-state index in [4.69, 9.17) is 14.5 Å². The van der Waals surface area contributed by atoms with Crippen LogP contribution in [0.5, 0.6) is 11.5 Å². The second-order valence-corrected chi connectivity index (χ2v) is 6.86. The molecule has 0 atom stereocenters. The molecule has 0 fully saturated rings. The van der Waals surface area contributed by atoms with E-state index < -0.39 is 0 Å². The van der Waals surface area contributed by atoms with Crippen LogP contribution in [0.3, 0.4) is 0 Å². The Balaban J connectivity index is 1.58. The van der Waals surface area contributed by atoms with Crippen molar-refractivity contribution in [2.24, 2.45) is 0 Å². The first-order chi connectivity index (χ1) is 14.2. The van der Waals surface area contributed by atoms with Crippen LogP contribution in [0.15, 0.2) is 48.5 Å². The Labute approximate surface area is 171 Å². The summed E-state index contributed by atoms with van der Waals surface area (Å²) in [4.78, 5) is 16.2. The van der Waals surface area contributed by atoms with E-state index in [1.165, 1.54) is 0 Å². The molecule has 29 heavy (non-hydrogen) atoms. The lowest BCUT2D eigenvalue weighted by Crippen LogP contribution is -2.23. The monoisotopic (exact) mass is 395 g/mol. The number of benzene rings is 2. The van der Waals surface area contributed by atoms with Crippen molar-refractivity contribution in [1.82, 2.24) is 14.9 Å². The number of methoxy groups -OCH3 is 1. The van der Waals surface area contributed by atoms with Gasteiger partial charge in [0.2, 0.25) is 5.91 Å². The smallest absolute Gasteiger partial charge is 0.219 e. The average Bonchev–Trinajstić information content (AvgIpc) is 3.11. The molecule has 0 saturated carbocycles. The zero-order valence-corrected chi connectivity index (χ0v) is 17.2. The average molecular weight is 396 g/mol. The molecule has 0 aliphatic rings. The molecule has 0 bridgehead atoms. The number of carbonyl (C=O) groups excluding carboxylic acids is 1. The van der Waals surface area contributed by atoms with Gasteiger partial charge >= 0.3 is 0 Å². The van der Waals surface area contributed by atoms with E-state index in [1.807, 2.05) is 49.4 Å². The third-order valence-corrected chi connectivity index (χ3v) is 4.79. The number of ether oxygens (including phenoxy) is 2. The van der Waals surface area contributed by atoms with Crippen molar-refractivity contribution in [2.75, 3.05) is 20.3 Å². The van der Waals surface area contributed by atoms with Crippen molar-refractivity contribution < 1.29 is 14.3 Å². The van der Waals surface area contributed by atoms with Crippen LogP contribution in [0, 0.1) is 0 Å². The Morgan fingerprint density at radius 1 is 1.10 bits per heavy atom. The van der Waals surface area contributed by atoms with Gasteiger partial charge in [0, 0.05) is 32.0 Å². The van der Waals surface area contributed by atoms with Gasteiger partial charge in [-0.2, -0.15) is 0 Å². The SMILES string of the molecule is CCC(=O)NCCCc1nc2ccccc2n1CCCOc1cccc(OC)c1. The van der Waals surface area contributed by atoms with E-state index in [9.17, 15) is 4.79 Å². The minimum Gasteiger partial charge on any atom is -0.497 e. The number of hydrogen-bond donors (Lipinski definition) is 1. The summed E-state index contributed by atoms with van der Waals surface area (Å²) in [6.45, 7) is 3.99. The number of aryl methyl sites for hydroxylation is 2. The Kier molecular flexibility index (Phi) is 7.50. The highest BCUT2D eigenvalue weighted by atomic mass is 16.5. The van der Waals surface area contributed by atoms with Gasteiger partial charge in [-0.15, -0.1) is 0 Å². The van der Waals surface area contributed by atoms with Gasteiger partial charge in [0.25, 0.3) is 0 Å². The third-order valence-electron chi connectivity index (χ3n) is 4.79. The maximum absolute atomic E-state index is 11.4. The molecule has 0 spiro atoms. The first-order valence-corrected chi connectivity index (χ1v) is 10.2. The third kappa shape index (κ3) is 5.73. The van der Waals surface area contributed by atoms with Crippen molar-refractivity contribution in [3.63, 3.8) is 0 Å². The highest BCUT2D eigenvalue weighted by molar-refractivity contribution is 5.76. The fraction of sp³-hybridized carbons (Fsp3) is 0.391. The van der Waals surface area contributed by atoms with Gasteiger partial charge in [-0.05, 0) is 37.1 Å². The summed E-state index contributed by atoms with van der Waals surface area (Å²) < 4.78 is 13.4. The first-order valence-electron chi connectivity index (χ1n) is 10.2. The Bertz CT molecular complexity index is 936.